The van der Waals surface area contributed by atoms with Crippen LogP contribution in [-0.4, -0.2) is 36.0 Å². The largest absolute Gasteiger partial charge is 0.497 e. The quantitative estimate of drug-likeness (QED) is 0.511. The molecule has 1 aliphatic heterocycles. The molecule has 31 heavy (non-hydrogen) atoms. The number of hydrogen-bond donors (Lipinski definition) is 0. The number of aromatic nitrogens is 1. The molecule has 0 saturated carbocycles. The van der Waals surface area contributed by atoms with Gasteiger partial charge in [-0.1, -0.05) is 24.3 Å². The Morgan fingerprint density at radius 1 is 1.13 bits per heavy atom. The van der Waals surface area contributed by atoms with Crippen LogP contribution in [0.4, 0.5) is 13.2 Å². The zero-order chi connectivity index (χ0) is 22.2. The highest BCUT2D eigenvalue weighted by Gasteiger charge is 2.31. The van der Waals surface area contributed by atoms with Crippen molar-refractivity contribution in [3.8, 4) is 16.3 Å². The molecule has 8 heteroatoms. The standard InChI is InChI=1S/C23H21F3N2O2S/c1-14-20(31-21(27-14)16-3-7-18(8-4-16)23(24,25)26)22(29)28-12-11-17(13-28)15-5-9-19(30-2)10-6-15/h3-10,17H,11-13H2,1-2H3. The maximum atomic E-state index is 13.1. The monoisotopic (exact) mass is 446 g/mol. The van der Waals surface area contributed by atoms with Crippen LogP contribution in [0.1, 0.15) is 38.8 Å². The van der Waals surface area contributed by atoms with Gasteiger partial charge in [-0.2, -0.15) is 13.2 Å². The van der Waals surface area contributed by atoms with Crippen molar-refractivity contribution in [3.05, 3.63) is 70.2 Å². The van der Waals surface area contributed by atoms with Gasteiger partial charge in [0.2, 0.25) is 0 Å². The molecule has 0 spiro atoms. The van der Waals surface area contributed by atoms with Gasteiger partial charge in [-0.05, 0) is 43.2 Å². The molecule has 1 aromatic heterocycles. The zero-order valence-corrected chi connectivity index (χ0v) is 17.9. The Labute approximate surface area is 182 Å². The molecule has 1 fully saturated rings. The minimum atomic E-state index is -4.38. The van der Waals surface area contributed by atoms with Crippen LogP contribution in [0.2, 0.25) is 0 Å². The van der Waals surface area contributed by atoms with Gasteiger partial charge in [0.15, 0.2) is 0 Å². The Balaban J connectivity index is 1.49. The molecule has 0 N–H and O–H groups in total. The maximum Gasteiger partial charge on any atom is 0.416 e. The SMILES string of the molecule is COc1ccc(C2CCN(C(=O)c3sc(-c4ccc(C(F)(F)F)cc4)nc3C)C2)cc1. The smallest absolute Gasteiger partial charge is 0.416 e. The maximum absolute atomic E-state index is 13.1. The second-order valence-corrected chi connectivity index (χ2v) is 8.52. The number of carbonyl (C=O) groups is 1. The van der Waals surface area contributed by atoms with Crippen molar-refractivity contribution >= 4 is 17.2 Å². The average molecular weight is 446 g/mol. The van der Waals surface area contributed by atoms with E-state index in [1.807, 2.05) is 29.2 Å². The number of alkyl halides is 3. The van der Waals surface area contributed by atoms with Gasteiger partial charge in [-0.15, -0.1) is 11.3 Å². The third-order valence-corrected chi connectivity index (χ3v) is 6.71. The number of thiazole rings is 1. The molecule has 0 aliphatic carbocycles. The summed E-state index contributed by atoms with van der Waals surface area (Å²) >= 11 is 1.22. The first kappa shape index (κ1) is 21.4. The third-order valence-electron chi connectivity index (χ3n) is 5.51. The molecule has 2 heterocycles. The third kappa shape index (κ3) is 4.44. The number of likely N-dealkylation sites (tertiary alicyclic amines) is 1. The fraction of sp³-hybridized carbons (Fsp3) is 0.304. The van der Waals surface area contributed by atoms with E-state index in [2.05, 4.69) is 4.98 Å². The van der Waals surface area contributed by atoms with E-state index >= 15 is 0 Å². The van der Waals surface area contributed by atoms with Gasteiger partial charge in [0.25, 0.3) is 5.91 Å². The lowest BCUT2D eigenvalue weighted by molar-refractivity contribution is -0.137. The lowest BCUT2D eigenvalue weighted by Crippen LogP contribution is -2.28. The number of halogens is 3. The minimum absolute atomic E-state index is 0.0795. The van der Waals surface area contributed by atoms with Crippen molar-refractivity contribution in [2.24, 2.45) is 0 Å². The van der Waals surface area contributed by atoms with Crippen molar-refractivity contribution in [2.45, 2.75) is 25.4 Å². The van der Waals surface area contributed by atoms with Crippen LogP contribution in [-0.2, 0) is 6.18 Å². The highest BCUT2D eigenvalue weighted by molar-refractivity contribution is 7.17. The Morgan fingerprint density at radius 2 is 1.81 bits per heavy atom. The summed E-state index contributed by atoms with van der Waals surface area (Å²) in [7, 11) is 1.63. The molecule has 4 rings (SSSR count). The summed E-state index contributed by atoms with van der Waals surface area (Å²) in [6.45, 7) is 3.04. The number of rotatable bonds is 4. The molecule has 1 saturated heterocycles. The van der Waals surface area contributed by atoms with Crippen LogP contribution in [0.3, 0.4) is 0 Å². The van der Waals surface area contributed by atoms with E-state index in [1.54, 1.807) is 14.0 Å². The van der Waals surface area contributed by atoms with Gasteiger partial charge in [-0.3, -0.25) is 4.79 Å². The number of carbonyl (C=O) groups excluding carboxylic acids is 1. The van der Waals surface area contributed by atoms with Gasteiger partial charge in [0.1, 0.15) is 15.6 Å². The van der Waals surface area contributed by atoms with Gasteiger partial charge < -0.3 is 9.64 Å². The van der Waals surface area contributed by atoms with Crippen LogP contribution in [0.15, 0.2) is 48.5 Å². The topological polar surface area (TPSA) is 42.4 Å². The van der Waals surface area contributed by atoms with E-state index in [9.17, 15) is 18.0 Å². The van der Waals surface area contributed by atoms with Crippen LogP contribution in [0.5, 0.6) is 5.75 Å². The van der Waals surface area contributed by atoms with Crippen LogP contribution < -0.4 is 4.74 Å². The normalized spacial score (nSPS) is 16.5. The molecule has 0 radical (unpaired) electrons. The predicted molar refractivity (Wildman–Crippen MR) is 114 cm³/mol. The molecule has 1 unspecified atom stereocenters. The first-order valence-corrected chi connectivity index (χ1v) is 10.7. The average Bonchev–Trinajstić information content (AvgIpc) is 3.40. The minimum Gasteiger partial charge on any atom is -0.497 e. The van der Waals surface area contributed by atoms with E-state index in [4.69, 9.17) is 4.74 Å². The van der Waals surface area contributed by atoms with Crippen LogP contribution in [0, 0.1) is 6.92 Å². The van der Waals surface area contributed by atoms with Gasteiger partial charge in [0, 0.05) is 24.6 Å². The molecule has 0 bridgehead atoms. The Morgan fingerprint density at radius 3 is 2.42 bits per heavy atom. The second kappa shape index (κ2) is 8.34. The van der Waals surface area contributed by atoms with Crippen molar-refractivity contribution in [2.75, 3.05) is 20.2 Å². The molecule has 2 aromatic carbocycles. The number of hydrogen-bond acceptors (Lipinski definition) is 4. The summed E-state index contributed by atoms with van der Waals surface area (Å²) in [6, 6.07) is 12.8. The molecule has 1 aliphatic rings. The zero-order valence-electron chi connectivity index (χ0n) is 17.1. The van der Waals surface area contributed by atoms with Crippen LogP contribution >= 0.6 is 11.3 Å². The summed E-state index contributed by atoms with van der Waals surface area (Å²) in [6.07, 6.45) is -3.50. The Kier molecular flexibility index (Phi) is 5.75. The molecule has 1 atom stereocenters. The first-order valence-electron chi connectivity index (χ1n) is 9.84. The molecular formula is C23H21F3N2O2S. The van der Waals surface area contributed by atoms with Crippen molar-refractivity contribution in [1.29, 1.82) is 0 Å². The molecule has 162 valence electrons. The number of amides is 1. The van der Waals surface area contributed by atoms with Gasteiger partial charge in [-0.25, -0.2) is 4.98 Å². The lowest BCUT2D eigenvalue weighted by Gasteiger charge is -2.16. The summed E-state index contributed by atoms with van der Waals surface area (Å²) in [4.78, 5) is 19.9. The number of nitrogens with zero attached hydrogens (tertiary/aromatic N) is 2. The summed E-state index contributed by atoms with van der Waals surface area (Å²) in [5, 5.41) is 0.542. The van der Waals surface area contributed by atoms with E-state index < -0.39 is 11.7 Å². The van der Waals surface area contributed by atoms with E-state index in [0.717, 1.165) is 24.3 Å². The number of benzene rings is 2. The predicted octanol–water partition coefficient (Wildman–Crippen LogP) is 5.78. The van der Waals surface area contributed by atoms with Crippen molar-refractivity contribution < 1.29 is 22.7 Å². The van der Waals surface area contributed by atoms with E-state index in [-0.39, 0.29) is 11.8 Å². The van der Waals surface area contributed by atoms with Gasteiger partial charge in [0.05, 0.1) is 18.4 Å². The first-order chi connectivity index (χ1) is 14.8. The molecule has 3 aromatic rings. The van der Waals surface area contributed by atoms with Gasteiger partial charge >= 0.3 is 6.18 Å². The molecule has 1 amide bonds. The summed E-state index contributed by atoms with van der Waals surface area (Å²) < 4.78 is 43.6. The molecule has 4 nitrogen and oxygen atoms in total. The van der Waals surface area contributed by atoms with Crippen LogP contribution in [0.25, 0.3) is 10.6 Å². The fourth-order valence-electron chi connectivity index (χ4n) is 3.76. The Bertz CT molecular complexity index is 1080. The second-order valence-electron chi connectivity index (χ2n) is 7.52. The lowest BCUT2D eigenvalue weighted by atomic mass is 9.98. The number of methoxy groups -OCH3 is 1. The van der Waals surface area contributed by atoms with Crippen molar-refractivity contribution in [3.63, 3.8) is 0 Å². The van der Waals surface area contributed by atoms with Crippen molar-refractivity contribution in [1.82, 2.24) is 9.88 Å². The number of ether oxygens (including phenoxy) is 1. The van der Waals surface area contributed by atoms with E-state index in [0.29, 0.717) is 34.2 Å². The Hall–Kier alpha value is -2.87. The molecular weight excluding hydrogens is 425 g/mol. The highest BCUT2D eigenvalue weighted by Crippen LogP contribution is 2.35. The summed E-state index contributed by atoms with van der Waals surface area (Å²) in [5.74, 6) is 0.979. The fourth-order valence-corrected chi connectivity index (χ4v) is 4.80. The highest BCUT2D eigenvalue weighted by atomic mass is 32.1. The summed E-state index contributed by atoms with van der Waals surface area (Å²) in [5.41, 5.74) is 1.63. The number of aryl methyl sites for hydroxylation is 1. The van der Waals surface area contributed by atoms with E-state index in [1.165, 1.54) is 29.0 Å².